The summed E-state index contributed by atoms with van der Waals surface area (Å²) in [5.41, 5.74) is 4.81. The van der Waals surface area contributed by atoms with Crippen LogP contribution in [0.4, 0.5) is 5.69 Å². The SMILES string of the molecule is CCOc1ccc(N[C@H](C)C(=O)N/N=C(/C)c2ccc(OC)cc2OC)cc1. The predicted molar refractivity (Wildman–Crippen MR) is 111 cm³/mol. The van der Waals surface area contributed by atoms with Gasteiger partial charge in [0.25, 0.3) is 5.91 Å². The van der Waals surface area contributed by atoms with Gasteiger partial charge in [0.2, 0.25) is 0 Å². The van der Waals surface area contributed by atoms with Gasteiger partial charge in [-0.1, -0.05) is 0 Å². The standard InChI is InChI=1S/C21H27N3O4/c1-6-28-17-9-7-16(8-10-17)22-15(3)21(25)24-23-14(2)19-12-11-18(26-4)13-20(19)27-5/h7-13,15,22H,6H2,1-5H3,(H,24,25)/b23-14-/t15-/m1/s1. The molecule has 0 saturated heterocycles. The number of ether oxygens (including phenoxy) is 3. The second-order valence-electron chi connectivity index (χ2n) is 6.06. The third-order valence-electron chi connectivity index (χ3n) is 4.07. The Morgan fingerprint density at radius 1 is 1.07 bits per heavy atom. The summed E-state index contributed by atoms with van der Waals surface area (Å²) < 4.78 is 16.0. The van der Waals surface area contributed by atoms with Crippen molar-refractivity contribution in [1.29, 1.82) is 0 Å². The van der Waals surface area contributed by atoms with Gasteiger partial charge in [-0.15, -0.1) is 0 Å². The molecule has 0 unspecified atom stereocenters. The van der Waals surface area contributed by atoms with Crippen LogP contribution in [-0.2, 0) is 4.79 Å². The van der Waals surface area contributed by atoms with E-state index in [1.165, 1.54) is 0 Å². The number of hydrogen-bond donors (Lipinski definition) is 2. The molecule has 28 heavy (non-hydrogen) atoms. The van der Waals surface area contributed by atoms with Gasteiger partial charge in [0.05, 0.1) is 26.5 Å². The van der Waals surface area contributed by atoms with Crippen LogP contribution in [-0.4, -0.2) is 38.5 Å². The lowest BCUT2D eigenvalue weighted by atomic mass is 10.1. The Kier molecular flexibility index (Phi) is 7.68. The van der Waals surface area contributed by atoms with Crippen LogP contribution in [0.2, 0.25) is 0 Å². The lowest BCUT2D eigenvalue weighted by Crippen LogP contribution is -2.35. The molecule has 0 fully saturated rings. The van der Waals surface area contributed by atoms with Gasteiger partial charge in [-0.25, -0.2) is 5.43 Å². The Hall–Kier alpha value is -3.22. The maximum absolute atomic E-state index is 12.4. The Morgan fingerprint density at radius 2 is 1.75 bits per heavy atom. The zero-order valence-corrected chi connectivity index (χ0v) is 16.9. The van der Waals surface area contributed by atoms with Gasteiger partial charge < -0.3 is 19.5 Å². The second-order valence-corrected chi connectivity index (χ2v) is 6.06. The number of carbonyl (C=O) groups is 1. The van der Waals surface area contributed by atoms with E-state index in [0.29, 0.717) is 23.8 Å². The van der Waals surface area contributed by atoms with Crippen LogP contribution in [0.1, 0.15) is 26.3 Å². The molecule has 0 aliphatic heterocycles. The topological polar surface area (TPSA) is 81.2 Å². The second kappa shape index (κ2) is 10.2. The highest BCUT2D eigenvalue weighted by Gasteiger charge is 2.13. The van der Waals surface area contributed by atoms with Gasteiger partial charge in [-0.2, -0.15) is 5.10 Å². The van der Waals surface area contributed by atoms with E-state index < -0.39 is 6.04 Å². The fourth-order valence-corrected chi connectivity index (χ4v) is 2.52. The van der Waals surface area contributed by atoms with E-state index in [-0.39, 0.29) is 5.91 Å². The number of hydrogen-bond acceptors (Lipinski definition) is 6. The molecule has 0 heterocycles. The first-order valence-electron chi connectivity index (χ1n) is 9.04. The predicted octanol–water partition coefficient (Wildman–Crippen LogP) is 3.44. The Bertz CT molecular complexity index is 819. The number of benzene rings is 2. The summed E-state index contributed by atoms with van der Waals surface area (Å²) in [6.45, 7) is 6.12. The van der Waals surface area contributed by atoms with Gasteiger partial charge in [0.15, 0.2) is 0 Å². The molecule has 1 amide bonds. The third kappa shape index (κ3) is 5.64. The van der Waals surface area contributed by atoms with E-state index >= 15 is 0 Å². The number of hydrazone groups is 1. The van der Waals surface area contributed by atoms with Crippen LogP contribution in [0.15, 0.2) is 47.6 Å². The maximum atomic E-state index is 12.4. The quantitative estimate of drug-likeness (QED) is 0.510. The highest BCUT2D eigenvalue weighted by molar-refractivity contribution is 6.02. The summed E-state index contributed by atoms with van der Waals surface area (Å²) in [4.78, 5) is 12.4. The fourth-order valence-electron chi connectivity index (χ4n) is 2.52. The summed E-state index contributed by atoms with van der Waals surface area (Å²) in [6.07, 6.45) is 0. The molecule has 0 spiro atoms. The van der Waals surface area contributed by atoms with E-state index in [1.54, 1.807) is 34.1 Å². The van der Waals surface area contributed by atoms with Crippen LogP contribution in [0.5, 0.6) is 17.2 Å². The summed E-state index contributed by atoms with van der Waals surface area (Å²) in [5, 5.41) is 7.33. The van der Waals surface area contributed by atoms with Gasteiger partial charge in [-0.05, 0) is 57.2 Å². The van der Waals surface area contributed by atoms with Gasteiger partial charge >= 0.3 is 0 Å². The first-order chi connectivity index (χ1) is 13.5. The first-order valence-corrected chi connectivity index (χ1v) is 9.04. The van der Waals surface area contributed by atoms with Crippen LogP contribution in [0, 0.1) is 0 Å². The minimum atomic E-state index is -0.466. The minimum absolute atomic E-state index is 0.249. The van der Waals surface area contributed by atoms with Crippen LogP contribution < -0.4 is 25.0 Å². The van der Waals surface area contributed by atoms with E-state index in [0.717, 1.165) is 17.0 Å². The van der Waals surface area contributed by atoms with Gasteiger partial charge in [-0.3, -0.25) is 4.79 Å². The average Bonchev–Trinajstić information content (AvgIpc) is 2.72. The molecule has 0 aliphatic rings. The summed E-state index contributed by atoms with van der Waals surface area (Å²) >= 11 is 0. The van der Waals surface area contributed by atoms with E-state index in [1.807, 2.05) is 43.3 Å². The molecule has 0 bridgehead atoms. The number of amides is 1. The molecule has 2 N–H and O–H groups in total. The molecule has 150 valence electrons. The summed E-state index contributed by atoms with van der Waals surface area (Å²) in [6, 6.07) is 12.4. The molecular weight excluding hydrogens is 358 g/mol. The van der Waals surface area contributed by atoms with Gasteiger partial charge in [0.1, 0.15) is 23.3 Å². The number of methoxy groups -OCH3 is 2. The van der Waals surface area contributed by atoms with Crippen LogP contribution >= 0.6 is 0 Å². The summed E-state index contributed by atoms with van der Waals surface area (Å²) in [7, 11) is 3.17. The first kappa shape index (κ1) is 21.1. The number of nitrogens with one attached hydrogen (secondary N) is 2. The zero-order valence-electron chi connectivity index (χ0n) is 16.9. The van der Waals surface area contributed by atoms with Crippen molar-refractivity contribution in [2.24, 2.45) is 5.10 Å². The monoisotopic (exact) mass is 385 g/mol. The van der Waals surface area contributed by atoms with Crippen LogP contribution in [0.25, 0.3) is 0 Å². The molecule has 2 rings (SSSR count). The van der Waals surface area contributed by atoms with E-state index in [2.05, 4.69) is 15.8 Å². The molecule has 0 saturated carbocycles. The Balaban J connectivity index is 1.99. The molecule has 0 radical (unpaired) electrons. The maximum Gasteiger partial charge on any atom is 0.262 e. The van der Waals surface area contributed by atoms with Crippen LogP contribution in [0.3, 0.4) is 0 Å². The van der Waals surface area contributed by atoms with E-state index in [4.69, 9.17) is 14.2 Å². The normalized spacial score (nSPS) is 12.1. The van der Waals surface area contributed by atoms with Gasteiger partial charge in [0, 0.05) is 17.3 Å². The minimum Gasteiger partial charge on any atom is -0.497 e. The van der Waals surface area contributed by atoms with Crippen molar-refractivity contribution in [3.8, 4) is 17.2 Å². The Labute approximate surface area is 165 Å². The Morgan fingerprint density at radius 3 is 2.36 bits per heavy atom. The lowest BCUT2D eigenvalue weighted by Gasteiger charge is -2.15. The molecule has 7 heteroatoms. The number of carbonyl (C=O) groups excluding carboxylic acids is 1. The zero-order chi connectivity index (χ0) is 20.5. The highest BCUT2D eigenvalue weighted by atomic mass is 16.5. The molecule has 0 aromatic heterocycles. The molecular formula is C21H27N3O4. The largest absolute Gasteiger partial charge is 0.497 e. The number of nitrogens with zero attached hydrogens (tertiary/aromatic N) is 1. The molecule has 2 aromatic carbocycles. The fraction of sp³-hybridized carbons (Fsp3) is 0.333. The smallest absolute Gasteiger partial charge is 0.262 e. The van der Waals surface area contributed by atoms with Crippen molar-refractivity contribution >= 4 is 17.3 Å². The van der Waals surface area contributed by atoms with Crippen molar-refractivity contribution in [3.63, 3.8) is 0 Å². The molecule has 1 atom stereocenters. The number of rotatable bonds is 9. The number of anilines is 1. The van der Waals surface area contributed by atoms with Crippen molar-refractivity contribution in [2.45, 2.75) is 26.8 Å². The van der Waals surface area contributed by atoms with Crippen molar-refractivity contribution in [3.05, 3.63) is 48.0 Å². The highest BCUT2D eigenvalue weighted by Crippen LogP contribution is 2.25. The van der Waals surface area contributed by atoms with Crippen molar-refractivity contribution in [2.75, 3.05) is 26.1 Å². The van der Waals surface area contributed by atoms with E-state index in [9.17, 15) is 4.79 Å². The molecule has 7 nitrogen and oxygen atoms in total. The molecule has 2 aromatic rings. The van der Waals surface area contributed by atoms with Crippen molar-refractivity contribution < 1.29 is 19.0 Å². The summed E-state index contributed by atoms with van der Waals surface area (Å²) in [5.74, 6) is 1.85. The van der Waals surface area contributed by atoms with Crippen molar-refractivity contribution in [1.82, 2.24) is 5.43 Å². The lowest BCUT2D eigenvalue weighted by molar-refractivity contribution is -0.121. The average molecular weight is 385 g/mol. The third-order valence-corrected chi connectivity index (χ3v) is 4.07. The molecule has 0 aliphatic carbocycles.